The molecule has 90 valence electrons. The fourth-order valence-corrected chi connectivity index (χ4v) is 2.07. The van der Waals surface area contributed by atoms with Gasteiger partial charge < -0.3 is 9.87 Å². The summed E-state index contributed by atoms with van der Waals surface area (Å²) in [6.45, 7) is 5.28. The van der Waals surface area contributed by atoms with Crippen molar-refractivity contribution in [1.82, 2.24) is 5.32 Å². The summed E-state index contributed by atoms with van der Waals surface area (Å²) in [4.78, 5) is 0. The molecule has 0 aromatic heterocycles. The summed E-state index contributed by atoms with van der Waals surface area (Å²) in [6, 6.07) is 9.08. The lowest BCUT2D eigenvalue weighted by molar-refractivity contribution is 0.518. The monoisotopic (exact) mass is 239 g/mol. The average Bonchev–Trinajstić information content (AvgIpc) is 2.29. The van der Waals surface area contributed by atoms with Crippen LogP contribution in [0.5, 0.6) is 0 Å². The van der Waals surface area contributed by atoms with E-state index in [0.717, 1.165) is 37.2 Å². The normalized spacial score (nSPS) is 12.7. The van der Waals surface area contributed by atoms with Crippen molar-refractivity contribution >= 4 is 12.0 Å². The Hall–Kier alpha value is -0.510. The molecule has 0 aliphatic rings. The van der Waals surface area contributed by atoms with Gasteiger partial charge in [-0.3, -0.25) is 0 Å². The molecule has 2 N–H and O–H groups in total. The van der Waals surface area contributed by atoms with Gasteiger partial charge in [0.25, 0.3) is 0 Å². The van der Waals surface area contributed by atoms with E-state index in [1.165, 1.54) is 11.1 Å². The van der Waals surface area contributed by atoms with Gasteiger partial charge in [-0.15, -0.1) is 0 Å². The van der Waals surface area contributed by atoms with Crippen LogP contribution in [-0.2, 0) is 0 Å². The molecule has 0 heterocycles. The van der Waals surface area contributed by atoms with Crippen LogP contribution < -0.4 is 5.32 Å². The van der Waals surface area contributed by atoms with Crippen LogP contribution in [0.25, 0.3) is 0 Å². The SMILES string of the molecule is CCC(NCCCSO)c1cccc(C)c1. The molecule has 0 aliphatic carbocycles. The summed E-state index contributed by atoms with van der Waals surface area (Å²) < 4.78 is 8.63. The summed E-state index contributed by atoms with van der Waals surface area (Å²) in [5, 5.41) is 3.52. The number of aryl methyl sites for hydroxylation is 1. The zero-order chi connectivity index (χ0) is 11.8. The van der Waals surface area contributed by atoms with Gasteiger partial charge in [0.2, 0.25) is 0 Å². The molecular weight excluding hydrogens is 218 g/mol. The van der Waals surface area contributed by atoms with Gasteiger partial charge >= 0.3 is 0 Å². The number of benzene rings is 1. The van der Waals surface area contributed by atoms with Crippen LogP contribution in [0.2, 0.25) is 0 Å². The Morgan fingerprint density at radius 1 is 1.44 bits per heavy atom. The lowest BCUT2D eigenvalue weighted by Crippen LogP contribution is -2.22. The van der Waals surface area contributed by atoms with E-state index in [9.17, 15) is 0 Å². The van der Waals surface area contributed by atoms with Gasteiger partial charge in [-0.05, 0) is 43.9 Å². The van der Waals surface area contributed by atoms with Crippen LogP contribution in [0, 0.1) is 6.92 Å². The Balaban J connectivity index is 2.47. The smallest absolute Gasteiger partial charge is 0.0317 e. The van der Waals surface area contributed by atoms with E-state index in [2.05, 4.69) is 43.4 Å². The summed E-state index contributed by atoms with van der Waals surface area (Å²) >= 11 is 0.919. The second-order valence-corrected chi connectivity index (χ2v) is 4.68. The highest BCUT2D eigenvalue weighted by Gasteiger charge is 2.07. The summed E-state index contributed by atoms with van der Waals surface area (Å²) in [5.74, 6) is 0.803. The third-order valence-corrected chi connectivity index (χ3v) is 3.13. The van der Waals surface area contributed by atoms with Crippen LogP contribution in [0.3, 0.4) is 0 Å². The Morgan fingerprint density at radius 3 is 2.88 bits per heavy atom. The van der Waals surface area contributed by atoms with Crippen molar-refractivity contribution in [3.05, 3.63) is 35.4 Å². The minimum Gasteiger partial charge on any atom is -0.330 e. The Kier molecular flexibility index (Phi) is 6.53. The third kappa shape index (κ3) is 4.56. The zero-order valence-corrected chi connectivity index (χ0v) is 10.9. The first kappa shape index (κ1) is 13.6. The minimum atomic E-state index is 0.434. The first-order chi connectivity index (χ1) is 7.77. The van der Waals surface area contributed by atoms with Crippen molar-refractivity contribution in [3.8, 4) is 0 Å². The molecule has 1 unspecified atom stereocenters. The van der Waals surface area contributed by atoms with Crippen LogP contribution >= 0.6 is 12.0 Å². The molecule has 1 aromatic rings. The topological polar surface area (TPSA) is 32.3 Å². The van der Waals surface area contributed by atoms with Crippen LogP contribution in [0.15, 0.2) is 24.3 Å². The predicted molar refractivity (Wildman–Crippen MR) is 71.9 cm³/mol. The molecule has 0 saturated heterocycles. The number of rotatable bonds is 7. The van der Waals surface area contributed by atoms with E-state index in [1.54, 1.807) is 0 Å². The van der Waals surface area contributed by atoms with Crippen molar-refractivity contribution < 1.29 is 4.55 Å². The van der Waals surface area contributed by atoms with E-state index < -0.39 is 0 Å². The van der Waals surface area contributed by atoms with Crippen molar-refractivity contribution in [1.29, 1.82) is 0 Å². The van der Waals surface area contributed by atoms with Crippen molar-refractivity contribution in [2.75, 3.05) is 12.3 Å². The highest BCUT2D eigenvalue weighted by molar-refractivity contribution is 7.93. The maximum atomic E-state index is 8.63. The lowest BCUT2D eigenvalue weighted by Gasteiger charge is -2.17. The van der Waals surface area contributed by atoms with Crippen LogP contribution in [0.1, 0.15) is 36.9 Å². The number of nitrogens with one attached hydrogen (secondary N) is 1. The van der Waals surface area contributed by atoms with Gasteiger partial charge in [0, 0.05) is 11.8 Å². The standard InChI is InChI=1S/C13H21NOS/c1-3-13(14-8-5-9-16-15)12-7-4-6-11(2)10-12/h4,6-7,10,13-15H,3,5,8-9H2,1-2H3. The molecule has 0 saturated carbocycles. The summed E-state index contributed by atoms with van der Waals surface area (Å²) in [7, 11) is 0. The Bertz CT molecular complexity index is 304. The minimum absolute atomic E-state index is 0.434. The van der Waals surface area contributed by atoms with Gasteiger partial charge in [-0.25, -0.2) is 0 Å². The molecule has 3 heteroatoms. The van der Waals surface area contributed by atoms with Crippen molar-refractivity contribution in [2.24, 2.45) is 0 Å². The second kappa shape index (κ2) is 7.71. The largest absolute Gasteiger partial charge is 0.330 e. The van der Waals surface area contributed by atoms with Crippen molar-refractivity contribution in [2.45, 2.75) is 32.7 Å². The van der Waals surface area contributed by atoms with Gasteiger partial charge in [0.05, 0.1) is 0 Å². The van der Waals surface area contributed by atoms with Crippen LogP contribution in [-0.4, -0.2) is 16.9 Å². The van der Waals surface area contributed by atoms with Gasteiger partial charge in [-0.1, -0.05) is 36.8 Å². The quantitative estimate of drug-likeness (QED) is 0.563. The molecule has 1 rings (SSSR count). The van der Waals surface area contributed by atoms with E-state index in [1.807, 2.05) is 0 Å². The number of hydrogen-bond acceptors (Lipinski definition) is 3. The van der Waals surface area contributed by atoms with Crippen LogP contribution in [0.4, 0.5) is 0 Å². The lowest BCUT2D eigenvalue weighted by atomic mass is 10.0. The maximum Gasteiger partial charge on any atom is 0.0317 e. The predicted octanol–water partition coefficient (Wildman–Crippen LogP) is 3.63. The molecule has 1 aromatic carbocycles. The molecule has 0 bridgehead atoms. The van der Waals surface area contributed by atoms with Gasteiger partial charge in [0.1, 0.15) is 0 Å². The highest BCUT2D eigenvalue weighted by atomic mass is 32.2. The first-order valence-electron chi connectivity index (χ1n) is 5.84. The summed E-state index contributed by atoms with van der Waals surface area (Å²) in [5.41, 5.74) is 2.67. The van der Waals surface area contributed by atoms with E-state index in [4.69, 9.17) is 4.55 Å². The average molecular weight is 239 g/mol. The molecule has 0 radical (unpaired) electrons. The molecular formula is C13H21NOS. The fourth-order valence-electron chi connectivity index (χ4n) is 1.80. The molecule has 1 atom stereocenters. The van der Waals surface area contributed by atoms with Crippen molar-refractivity contribution in [3.63, 3.8) is 0 Å². The van der Waals surface area contributed by atoms with Gasteiger partial charge in [-0.2, -0.15) is 0 Å². The third-order valence-electron chi connectivity index (χ3n) is 2.66. The molecule has 16 heavy (non-hydrogen) atoms. The van der Waals surface area contributed by atoms with E-state index in [-0.39, 0.29) is 0 Å². The first-order valence-corrected chi connectivity index (χ1v) is 6.78. The molecule has 0 aliphatic heterocycles. The fraction of sp³-hybridized carbons (Fsp3) is 0.538. The molecule has 0 amide bonds. The maximum absolute atomic E-state index is 8.63. The Morgan fingerprint density at radius 2 is 2.25 bits per heavy atom. The summed E-state index contributed by atoms with van der Waals surface area (Å²) in [6.07, 6.45) is 2.10. The zero-order valence-electron chi connectivity index (χ0n) is 10.1. The van der Waals surface area contributed by atoms with E-state index in [0.29, 0.717) is 6.04 Å². The second-order valence-electron chi connectivity index (χ2n) is 4.02. The number of hydrogen-bond donors (Lipinski definition) is 2. The molecule has 0 fully saturated rings. The molecule has 0 spiro atoms. The Labute approximate surface area is 103 Å². The highest BCUT2D eigenvalue weighted by Crippen LogP contribution is 2.17. The molecule has 2 nitrogen and oxygen atoms in total. The van der Waals surface area contributed by atoms with Gasteiger partial charge in [0.15, 0.2) is 0 Å². The van der Waals surface area contributed by atoms with E-state index >= 15 is 0 Å².